The molecule has 0 aliphatic rings. The maximum absolute atomic E-state index is 9.64. The van der Waals surface area contributed by atoms with E-state index in [9.17, 15) is 9.59 Å². The molecule has 0 bridgehead atoms. The highest BCUT2D eigenvalue weighted by atomic mass is 32.1. The summed E-state index contributed by atoms with van der Waals surface area (Å²) < 4.78 is 7.79. The Hall–Kier alpha value is -4.25. The Bertz CT molecular complexity index is 1170. The van der Waals surface area contributed by atoms with E-state index < -0.39 is 11.9 Å². The summed E-state index contributed by atoms with van der Waals surface area (Å²) >= 11 is 1.66. The minimum absolute atomic E-state index is 0.296. The van der Waals surface area contributed by atoms with Gasteiger partial charge in [-0.25, -0.2) is 15.0 Å². The van der Waals surface area contributed by atoms with Crippen LogP contribution in [0.1, 0.15) is 12.8 Å². The van der Waals surface area contributed by atoms with E-state index in [1.807, 2.05) is 58.6 Å². The zero-order valence-electron chi connectivity index (χ0n) is 18.1. The number of aromatic nitrogens is 4. The summed E-state index contributed by atoms with van der Waals surface area (Å²) in [4.78, 5) is 33.3. The van der Waals surface area contributed by atoms with E-state index in [4.69, 9.17) is 14.9 Å². The van der Waals surface area contributed by atoms with Gasteiger partial charge >= 0.3 is 11.9 Å². The second kappa shape index (κ2) is 12.7. The van der Waals surface area contributed by atoms with Crippen LogP contribution in [-0.2, 0) is 16.1 Å². The van der Waals surface area contributed by atoms with Crippen molar-refractivity contribution in [2.24, 2.45) is 0 Å². The summed E-state index contributed by atoms with van der Waals surface area (Å²) in [5.74, 6) is -0.796. The summed E-state index contributed by atoms with van der Waals surface area (Å²) in [6.07, 6.45) is 6.62. The predicted molar refractivity (Wildman–Crippen MR) is 127 cm³/mol. The second-order valence-electron chi connectivity index (χ2n) is 6.83. The van der Waals surface area contributed by atoms with Gasteiger partial charge in [0.25, 0.3) is 0 Å². The molecule has 0 saturated heterocycles. The number of nitrogens with zero attached hydrogens (tertiary/aromatic N) is 4. The average molecular weight is 482 g/mol. The number of aliphatic carboxylic acids is 2. The lowest BCUT2D eigenvalue weighted by molar-refractivity contribution is -0.143. The minimum Gasteiger partial charge on any atom is -0.492 e. The highest BCUT2D eigenvalue weighted by molar-refractivity contribution is 7.13. The fourth-order valence-corrected chi connectivity index (χ4v) is 3.37. The molecular formula is C23H23N5O5S. The lowest BCUT2D eigenvalue weighted by Gasteiger charge is -2.10. The van der Waals surface area contributed by atoms with Crippen LogP contribution in [0.2, 0.25) is 0 Å². The van der Waals surface area contributed by atoms with E-state index in [2.05, 4.69) is 20.3 Å². The molecule has 0 aliphatic heterocycles. The van der Waals surface area contributed by atoms with E-state index in [-0.39, 0.29) is 12.8 Å². The first-order valence-corrected chi connectivity index (χ1v) is 11.1. The fourth-order valence-electron chi connectivity index (χ4n) is 2.67. The van der Waals surface area contributed by atoms with E-state index in [0.29, 0.717) is 12.6 Å². The monoisotopic (exact) mass is 481 g/mol. The van der Waals surface area contributed by atoms with Gasteiger partial charge in [0.2, 0.25) is 5.95 Å². The van der Waals surface area contributed by atoms with Gasteiger partial charge in [0, 0.05) is 30.3 Å². The molecule has 4 aromatic rings. The van der Waals surface area contributed by atoms with Crippen LogP contribution >= 0.6 is 11.3 Å². The van der Waals surface area contributed by atoms with Gasteiger partial charge in [-0.3, -0.25) is 9.59 Å². The third-order valence-electron chi connectivity index (χ3n) is 4.25. The van der Waals surface area contributed by atoms with Gasteiger partial charge in [0.15, 0.2) is 0 Å². The molecular weight excluding hydrogens is 458 g/mol. The molecule has 3 heterocycles. The highest BCUT2D eigenvalue weighted by Gasteiger charge is 2.05. The smallest absolute Gasteiger partial charge is 0.303 e. The maximum atomic E-state index is 9.64. The molecule has 11 heteroatoms. The van der Waals surface area contributed by atoms with Gasteiger partial charge in [-0.2, -0.15) is 0 Å². The first kappa shape index (κ1) is 24.4. The van der Waals surface area contributed by atoms with Crippen molar-refractivity contribution in [2.75, 3.05) is 11.9 Å². The second-order valence-corrected chi connectivity index (χ2v) is 7.78. The van der Waals surface area contributed by atoms with Crippen LogP contribution in [0.4, 0.5) is 11.6 Å². The van der Waals surface area contributed by atoms with Crippen LogP contribution in [0.3, 0.4) is 0 Å². The molecule has 176 valence electrons. The van der Waals surface area contributed by atoms with Gasteiger partial charge in [-0.1, -0.05) is 12.1 Å². The Kier molecular flexibility index (Phi) is 9.11. The molecule has 10 nitrogen and oxygen atoms in total. The number of benzene rings is 1. The SMILES string of the molecule is O=C(O)CCC(=O)O.c1cc(Nc2nccc(-c3cccs3)n2)cc(OCCn2ccnc2)c1. The van der Waals surface area contributed by atoms with Crippen LogP contribution in [0, 0.1) is 0 Å². The summed E-state index contributed by atoms with van der Waals surface area (Å²) in [6, 6.07) is 13.7. The first-order chi connectivity index (χ1) is 16.5. The van der Waals surface area contributed by atoms with Crippen molar-refractivity contribution in [3.8, 4) is 16.3 Å². The van der Waals surface area contributed by atoms with E-state index in [0.717, 1.165) is 28.6 Å². The van der Waals surface area contributed by atoms with Crippen LogP contribution in [-0.4, -0.2) is 48.3 Å². The topological polar surface area (TPSA) is 139 Å². The van der Waals surface area contributed by atoms with Gasteiger partial charge in [-0.15, -0.1) is 11.3 Å². The molecule has 0 spiro atoms. The van der Waals surface area contributed by atoms with E-state index in [1.165, 1.54) is 0 Å². The quantitative estimate of drug-likeness (QED) is 0.304. The molecule has 0 radical (unpaired) electrons. The molecule has 3 N–H and O–H groups in total. The zero-order valence-corrected chi connectivity index (χ0v) is 18.9. The van der Waals surface area contributed by atoms with E-state index in [1.54, 1.807) is 30.1 Å². The Labute approximate surface area is 199 Å². The number of carboxylic acid groups (broad SMARTS) is 2. The van der Waals surface area contributed by atoms with Gasteiger partial charge in [-0.05, 0) is 29.6 Å². The Morgan fingerprint density at radius 3 is 2.56 bits per heavy atom. The number of carbonyl (C=O) groups is 2. The number of ether oxygens (including phenoxy) is 1. The average Bonchev–Trinajstić information content (AvgIpc) is 3.53. The molecule has 4 rings (SSSR count). The number of anilines is 2. The van der Waals surface area contributed by atoms with Crippen LogP contribution in [0.5, 0.6) is 5.75 Å². The fraction of sp³-hybridized carbons (Fsp3) is 0.174. The highest BCUT2D eigenvalue weighted by Crippen LogP contribution is 2.24. The lowest BCUT2D eigenvalue weighted by atomic mass is 10.3. The van der Waals surface area contributed by atoms with Crippen molar-refractivity contribution in [2.45, 2.75) is 19.4 Å². The summed E-state index contributed by atoms with van der Waals surface area (Å²) in [6.45, 7) is 1.33. The molecule has 0 fully saturated rings. The number of rotatable bonds is 10. The van der Waals surface area contributed by atoms with Crippen molar-refractivity contribution in [1.29, 1.82) is 0 Å². The van der Waals surface area contributed by atoms with Crippen molar-refractivity contribution in [1.82, 2.24) is 19.5 Å². The summed E-state index contributed by atoms with van der Waals surface area (Å²) in [5, 5.41) is 21.1. The van der Waals surface area contributed by atoms with Gasteiger partial charge < -0.3 is 24.8 Å². The largest absolute Gasteiger partial charge is 0.492 e. The molecule has 0 saturated carbocycles. The molecule has 1 aromatic carbocycles. The van der Waals surface area contributed by atoms with Crippen molar-refractivity contribution >= 4 is 34.9 Å². The number of imidazole rings is 1. The van der Waals surface area contributed by atoms with E-state index >= 15 is 0 Å². The van der Waals surface area contributed by atoms with Crippen molar-refractivity contribution < 1.29 is 24.5 Å². The van der Waals surface area contributed by atoms with Crippen molar-refractivity contribution in [3.05, 3.63) is 72.8 Å². The lowest BCUT2D eigenvalue weighted by Crippen LogP contribution is -2.06. The zero-order chi connectivity index (χ0) is 24.2. The third kappa shape index (κ3) is 8.36. The number of nitrogens with one attached hydrogen (secondary N) is 1. The summed E-state index contributed by atoms with van der Waals surface area (Å²) in [5.41, 5.74) is 1.79. The van der Waals surface area contributed by atoms with Crippen molar-refractivity contribution in [3.63, 3.8) is 0 Å². The van der Waals surface area contributed by atoms with Crippen LogP contribution in [0.25, 0.3) is 10.6 Å². The first-order valence-electron chi connectivity index (χ1n) is 10.3. The normalized spacial score (nSPS) is 10.1. The Morgan fingerprint density at radius 2 is 1.88 bits per heavy atom. The minimum atomic E-state index is -1.08. The predicted octanol–water partition coefficient (Wildman–Crippen LogP) is 4.16. The summed E-state index contributed by atoms with van der Waals surface area (Å²) in [7, 11) is 0. The molecule has 34 heavy (non-hydrogen) atoms. The number of hydrogen-bond acceptors (Lipinski definition) is 8. The number of thiophene rings is 1. The molecule has 3 aromatic heterocycles. The molecule has 0 unspecified atom stereocenters. The molecule has 0 aliphatic carbocycles. The Balaban J connectivity index is 0.000000350. The number of hydrogen-bond donors (Lipinski definition) is 3. The molecule has 0 amide bonds. The van der Waals surface area contributed by atoms with Gasteiger partial charge in [0.05, 0.1) is 36.3 Å². The number of carboxylic acids is 2. The standard InChI is InChI=1S/C19H17N5OS.C4H6O4/c1-3-15(13-16(4-1)25-11-10-24-9-8-20-14-24)22-19-21-7-6-17(23-19)18-5-2-12-26-18;5-3(6)1-2-4(7)8/h1-9,12-14H,10-11H2,(H,21,22,23);1-2H2,(H,5,6)(H,7,8). The molecule has 0 atom stereocenters. The third-order valence-corrected chi connectivity index (χ3v) is 5.14. The van der Waals surface area contributed by atoms with Gasteiger partial charge in [0.1, 0.15) is 12.4 Å². The van der Waals surface area contributed by atoms with Crippen LogP contribution < -0.4 is 10.1 Å². The maximum Gasteiger partial charge on any atom is 0.303 e. The Morgan fingerprint density at radius 1 is 1.06 bits per heavy atom. The van der Waals surface area contributed by atoms with Crippen LogP contribution in [0.15, 0.2) is 72.8 Å².